The highest BCUT2D eigenvalue weighted by atomic mass is 32.2. The first kappa shape index (κ1) is 16.8. The van der Waals surface area contributed by atoms with Gasteiger partial charge >= 0.3 is 6.09 Å². The van der Waals surface area contributed by atoms with Crippen molar-refractivity contribution in [2.45, 2.75) is 11.8 Å². The quantitative estimate of drug-likeness (QED) is 0.913. The molecular weight excluding hydrogens is 314 g/mol. The van der Waals surface area contributed by atoms with E-state index >= 15 is 0 Å². The lowest BCUT2D eigenvalue weighted by molar-refractivity contribution is 0.165. The Morgan fingerprint density at radius 3 is 2.39 bits per heavy atom. The summed E-state index contributed by atoms with van der Waals surface area (Å²) in [5.41, 5.74) is 1.89. The van der Waals surface area contributed by atoms with Gasteiger partial charge in [0, 0.05) is 0 Å². The largest absolute Gasteiger partial charge is 0.445 e. The molecule has 5 nitrogen and oxygen atoms in total. The summed E-state index contributed by atoms with van der Waals surface area (Å²) in [5, 5.41) is 0. The van der Waals surface area contributed by atoms with E-state index in [1.54, 1.807) is 24.3 Å². The minimum atomic E-state index is -3.91. The third kappa shape index (κ3) is 5.27. The molecule has 0 aromatic heterocycles. The van der Waals surface area contributed by atoms with Gasteiger partial charge in [0.1, 0.15) is 6.61 Å². The SMILES string of the molecule is Cc1ccc(S(=O)(=O)NC(=O)OC/C=C/c2ccccc2)cc1. The fourth-order valence-corrected chi connectivity index (χ4v) is 2.68. The van der Waals surface area contributed by atoms with Crippen molar-refractivity contribution in [1.82, 2.24) is 4.72 Å². The van der Waals surface area contributed by atoms with Gasteiger partial charge in [0.25, 0.3) is 10.0 Å². The van der Waals surface area contributed by atoms with E-state index in [4.69, 9.17) is 4.74 Å². The van der Waals surface area contributed by atoms with E-state index < -0.39 is 16.1 Å². The molecule has 2 aromatic rings. The van der Waals surface area contributed by atoms with E-state index in [0.717, 1.165) is 11.1 Å². The number of rotatable bonds is 5. The molecule has 6 heteroatoms. The summed E-state index contributed by atoms with van der Waals surface area (Å²) in [6.07, 6.45) is 2.40. The van der Waals surface area contributed by atoms with Crippen molar-refractivity contribution in [3.8, 4) is 0 Å². The maximum Gasteiger partial charge on any atom is 0.421 e. The highest BCUT2D eigenvalue weighted by Crippen LogP contribution is 2.09. The molecule has 2 aromatic carbocycles. The van der Waals surface area contributed by atoms with Gasteiger partial charge in [-0.15, -0.1) is 0 Å². The van der Waals surface area contributed by atoms with Crippen molar-refractivity contribution in [3.05, 3.63) is 71.8 Å². The van der Waals surface area contributed by atoms with Gasteiger partial charge in [-0.05, 0) is 30.7 Å². The average Bonchev–Trinajstić information content (AvgIpc) is 2.52. The molecule has 2 rings (SSSR count). The first-order valence-electron chi connectivity index (χ1n) is 6.95. The van der Waals surface area contributed by atoms with Crippen LogP contribution < -0.4 is 4.72 Å². The topological polar surface area (TPSA) is 72.5 Å². The Labute approximate surface area is 135 Å². The molecule has 0 fully saturated rings. The molecule has 0 aliphatic heterocycles. The minimum Gasteiger partial charge on any atom is -0.445 e. The van der Waals surface area contributed by atoms with Crippen LogP contribution >= 0.6 is 0 Å². The zero-order valence-corrected chi connectivity index (χ0v) is 13.4. The van der Waals surface area contributed by atoms with E-state index in [-0.39, 0.29) is 11.5 Å². The maximum absolute atomic E-state index is 12.0. The molecule has 0 bridgehead atoms. The van der Waals surface area contributed by atoms with Gasteiger partial charge in [0.05, 0.1) is 4.90 Å². The van der Waals surface area contributed by atoms with Crippen molar-refractivity contribution in [1.29, 1.82) is 0 Å². The number of sulfonamides is 1. The van der Waals surface area contributed by atoms with Crippen molar-refractivity contribution < 1.29 is 17.9 Å². The number of aryl methyl sites for hydroxylation is 1. The summed E-state index contributed by atoms with van der Waals surface area (Å²) in [6, 6.07) is 15.7. The summed E-state index contributed by atoms with van der Waals surface area (Å²) >= 11 is 0. The number of hydrogen-bond donors (Lipinski definition) is 1. The van der Waals surface area contributed by atoms with Crippen LogP contribution in [0.15, 0.2) is 65.6 Å². The summed E-state index contributed by atoms with van der Waals surface area (Å²) in [4.78, 5) is 11.6. The summed E-state index contributed by atoms with van der Waals surface area (Å²) in [6.45, 7) is 1.82. The number of benzene rings is 2. The Hall–Kier alpha value is -2.60. The van der Waals surface area contributed by atoms with Crippen molar-refractivity contribution >= 4 is 22.2 Å². The van der Waals surface area contributed by atoms with E-state index in [9.17, 15) is 13.2 Å². The fraction of sp³-hybridized carbons (Fsp3) is 0.118. The lowest BCUT2D eigenvalue weighted by Gasteiger charge is -2.07. The molecule has 1 N–H and O–H groups in total. The van der Waals surface area contributed by atoms with E-state index in [1.165, 1.54) is 12.1 Å². The van der Waals surface area contributed by atoms with Crippen molar-refractivity contribution in [2.75, 3.05) is 6.61 Å². The molecule has 0 unspecified atom stereocenters. The monoisotopic (exact) mass is 331 g/mol. The van der Waals surface area contributed by atoms with E-state index in [0.29, 0.717) is 0 Å². The summed E-state index contributed by atoms with van der Waals surface area (Å²) in [5.74, 6) is 0. The number of carbonyl (C=O) groups excluding carboxylic acids is 1. The molecule has 0 atom stereocenters. The Morgan fingerprint density at radius 2 is 1.74 bits per heavy atom. The standard InChI is InChI=1S/C17H17NO4S/c1-14-9-11-16(12-10-14)23(20,21)18-17(19)22-13-5-8-15-6-3-2-4-7-15/h2-12H,13H2,1H3,(H,18,19)/b8-5+. The average molecular weight is 331 g/mol. The van der Waals surface area contributed by atoms with Gasteiger partial charge in [0.15, 0.2) is 0 Å². The second-order valence-electron chi connectivity index (χ2n) is 4.83. The third-order valence-electron chi connectivity index (χ3n) is 2.97. The van der Waals surface area contributed by atoms with Gasteiger partial charge < -0.3 is 4.74 Å². The molecule has 0 spiro atoms. The molecule has 0 aliphatic carbocycles. The Balaban J connectivity index is 1.87. The van der Waals surface area contributed by atoms with Crippen molar-refractivity contribution in [2.24, 2.45) is 0 Å². The first-order valence-corrected chi connectivity index (χ1v) is 8.43. The minimum absolute atomic E-state index is 0.0138. The van der Waals surface area contributed by atoms with Crippen LogP contribution in [0.3, 0.4) is 0 Å². The molecule has 1 amide bonds. The van der Waals surface area contributed by atoms with E-state index in [1.807, 2.05) is 42.0 Å². The molecule has 120 valence electrons. The normalized spacial score (nSPS) is 11.3. The van der Waals surface area contributed by atoms with Gasteiger partial charge in [0.2, 0.25) is 0 Å². The fourth-order valence-electron chi connectivity index (χ4n) is 1.79. The second kappa shape index (κ2) is 7.60. The molecule has 0 radical (unpaired) electrons. The van der Waals surface area contributed by atoms with Crippen molar-refractivity contribution in [3.63, 3.8) is 0 Å². The van der Waals surface area contributed by atoms with Crippen LogP contribution in [0.4, 0.5) is 4.79 Å². The number of ether oxygens (including phenoxy) is 1. The van der Waals surface area contributed by atoms with Gasteiger partial charge in [-0.25, -0.2) is 17.9 Å². The third-order valence-corrected chi connectivity index (χ3v) is 4.30. The smallest absolute Gasteiger partial charge is 0.421 e. The zero-order valence-electron chi connectivity index (χ0n) is 12.6. The van der Waals surface area contributed by atoms with Crippen LogP contribution in [-0.2, 0) is 14.8 Å². The lowest BCUT2D eigenvalue weighted by atomic mass is 10.2. The van der Waals surface area contributed by atoms with Crippen LogP contribution in [0.25, 0.3) is 6.08 Å². The van der Waals surface area contributed by atoms with Crippen LogP contribution in [-0.4, -0.2) is 21.1 Å². The maximum atomic E-state index is 12.0. The van der Waals surface area contributed by atoms with Gasteiger partial charge in [-0.1, -0.05) is 54.1 Å². The van der Waals surface area contributed by atoms with Gasteiger partial charge in [-0.3, -0.25) is 0 Å². The Morgan fingerprint density at radius 1 is 1.09 bits per heavy atom. The lowest BCUT2D eigenvalue weighted by Crippen LogP contribution is -2.31. The van der Waals surface area contributed by atoms with Crippen LogP contribution in [0.5, 0.6) is 0 Å². The molecular formula is C17H17NO4S. The number of nitrogens with one attached hydrogen (secondary N) is 1. The zero-order chi connectivity index (χ0) is 16.7. The second-order valence-corrected chi connectivity index (χ2v) is 6.51. The highest BCUT2D eigenvalue weighted by molar-refractivity contribution is 7.90. The van der Waals surface area contributed by atoms with Crippen LogP contribution in [0, 0.1) is 6.92 Å². The highest BCUT2D eigenvalue weighted by Gasteiger charge is 2.17. The molecule has 0 aliphatic rings. The van der Waals surface area contributed by atoms with E-state index in [2.05, 4.69) is 0 Å². The predicted molar refractivity (Wildman–Crippen MR) is 88.3 cm³/mol. The molecule has 0 saturated carbocycles. The predicted octanol–water partition coefficient (Wildman–Crippen LogP) is 3.12. The molecule has 0 saturated heterocycles. The van der Waals surface area contributed by atoms with Crippen LogP contribution in [0.2, 0.25) is 0 Å². The van der Waals surface area contributed by atoms with Crippen LogP contribution in [0.1, 0.15) is 11.1 Å². The molecule has 23 heavy (non-hydrogen) atoms. The summed E-state index contributed by atoms with van der Waals surface area (Å²) < 4.78 is 30.7. The summed E-state index contributed by atoms with van der Waals surface area (Å²) in [7, 11) is -3.91. The Bertz CT molecular complexity index is 781. The van der Waals surface area contributed by atoms with Gasteiger partial charge in [-0.2, -0.15) is 0 Å². The Kier molecular flexibility index (Phi) is 5.54. The number of hydrogen-bond acceptors (Lipinski definition) is 4. The number of carbonyl (C=O) groups is 1. The molecule has 0 heterocycles. The number of amides is 1. The first-order chi connectivity index (χ1) is 11.0.